The molecular weight excluding hydrogens is 362 g/mol. The lowest BCUT2D eigenvalue weighted by Crippen LogP contribution is -2.51. The first-order valence-electron chi connectivity index (χ1n) is 7.64. The van der Waals surface area contributed by atoms with Crippen LogP contribution in [0.4, 0.5) is 11.4 Å². The molecule has 8 heteroatoms. The van der Waals surface area contributed by atoms with Gasteiger partial charge in [0.1, 0.15) is 4.90 Å². The molecule has 0 bridgehead atoms. The van der Waals surface area contributed by atoms with E-state index in [1.807, 2.05) is 32.9 Å². The summed E-state index contributed by atoms with van der Waals surface area (Å²) in [5.41, 5.74) is 3.93. The lowest BCUT2D eigenvalue weighted by Gasteiger charge is -2.27. The van der Waals surface area contributed by atoms with Crippen LogP contribution in [0.2, 0.25) is 5.02 Å². The summed E-state index contributed by atoms with van der Waals surface area (Å²) in [4.78, 5) is 12.6. The summed E-state index contributed by atoms with van der Waals surface area (Å²) in [5, 5.41) is 6.00. The first-order valence-corrected chi connectivity index (χ1v) is 9.50. The zero-order valence-electron chi connectivity index (χ0n) is 14.0. The van der Waals surface area contributed by atoms with Crippen LogP contribution in [0, 0.1) is 20.8 Å². The number of nitrogens with one attached hydrogen (secondary N) is 3. The van der Waals surface area contributed by atoms with Gasteiger partial charge in [-0.3, -0.25) is 4.79 Å². The van der Waals surface area contributed by atoms with Crippen LogP contribution in [-0.2, 0) is 14.8 Å². The van der Waals surface area contributed by atoms with Gasteiger partial charge in [-0.25, -0.2) is 8.42 Å². The quantitative estimate of drug-likeness (QED) is 0.748. The molecular formula is C17H18ClN3O3S. The van der Waals surface area contributed by atoms with Gasteiger partial charge in [0.05, 0.1) is 5.69 Å². The zero-order valence-corrected chi connectivity index (χ0v) is 15.5. The Morgan fingerprint density at radius 1 is 1.12 bits per heavy atom. The van der Waals surface area contributed by atoms with Gasteiger partial charge in [-0.05, 0) is 50.1 Å². The Labute approximate surface area is 151 Å². The third-order valence-corrected chi connectivity index (χ3v) is 5.69. The fourth-order valence-electron chi connectivity index (χ4n) is 2.93. The highest BCUT2D eigenvalue weighted by atomic mass is 35.5. The van der Waals surface area contributed by atoms with Gasteiger partial charge < -0.3 is 10.6 Å². The highest BCUT2D eigenvalue weighted by Crippen LogP contribution is 2.29. The summed E-state index contributed by atoms with van der Waals surface area (Å²) in [7, 11) is -3.84. The van der Waals surface area contributed by atoms with Gasteiger partial charge >= 0.3 is 0 Å². The third kappa shape index (κ3) is 3.49. The summed E-state index contributed by atoms with van der Waals surface area (Å²) in [6.45, 7) is 5.77. The smallest absolute Gasteiger partial charge is 0.262 e. The molecule has 2 aromatic rings. The maximum atomic E-state index is 12.6. The predicted molar refractivity (Wildman–Crippen MR) is 98.5 cm³/mol. The third-order valence-electron chi connectivity index (χ3n) is 3.99. The molecule has 0 saturated heterocycles. The standard InChI is InChI=1S/C17H18ClN3O3S/c1-9-6-10(2)15(11(3)7-9)20-17(22)16-19-13-5-4-12(18)8-14(13)25(23,24)21-16/h4-8,16,19,21H,1-3H3,(H,20,22)/t16-/m0/s1. The highest BCUT2D eigenvalue weighted by Gasteiger charge is 2.33. The number of aryl methyl sites for hydroxylation is 3. The second kappa shape index (κ2) is 6.33. The van der Waals surface area contributed by atoms with E-state index in [1.165, 1.54) is 6.07 Å². The molecule has 1 atom stereocenters. The van der Waals surface area contributed by atoms with Gasteiger partial charge in [-0.15, -0.1) is 0 Å². The molecule has 0 unspecified atom stereocenters. The maximum absolute atomic E-state index is 12.6. The van der Waals surface area contributed by atoms with Crippen LogP contribution in [0.15, 0.2) is 35.2 Å². The van der Waals surface area contributed by atoms with E-state index in [2.05, 4.69) is 15.4 Å². The zero-order chi connectivity index (χ0) is 18.4. The summed E-state index contributed by atoms with van der Waals surface area (Å²) in [6.07, 6.45) is -1.11. The number of hydrogen-bond acceptors (Lipinski definition) is 4. The fourth-order valence-corrected chi connectivity index (χ4v) is 4.47. The summed E-state index contributed by atoms with van der Waals surface area (Å²) in [5.74, 6) is -0.487. The predicted octanol–water partition coefficient (Wildman–Crippen LogP) is 2.93. The Morgan fingerprint density at radius 2 is 1.76 bits per heavy atom. The van der Waals surface area contributed by atoms with Crippen LogP contribution in [0.5, 0.6) is 0 Å². The molecule has 2 aromatic carbocycles. The fraction of sp³-hybridized carbons (Fsp3) is 0.235. The Balaban J connectivity index is 1.89. The van der Waals surface area contributed by atoms with E-state index in [-0.39, 0.29) is 4.90 Å². The molecule has 0 radical (unpaired) electrons. The minimum absolute atomic E-state index is 0.0201. The van der Waals surface area contributed by atoms with Crippen LogP contribution >= 0.6 is 11.6 Å². The number of halogens is 1. The van der Waals surface area contributed by atoms with E-state index in [4.69, 9.17) is 11.6 Å². The number of amides is 1. The highest BCUT2D eigenvalue weighted by molar-refractivity contribution is 7.89. The van der Waals surface area contributed by atoms with Gasteiger partial charge in [0.2, 0.25) is 10.0 Å². The van der Waals surface area contributed by atoms with Crippen LogP contribution in [0.3, 0.4) is 0 Å². The van der Waals surface area contributed by atoms with Crippen molar-refractivity contribution in [3.05, 3.63) is 52.0 Å². The minimum Gasteiger partial charge on any atom is -0.360 e. The first-order chi connectivity index (χ1) is 11.7. The topological polar surface area (TPSA) is 87.3 Å². The molecule has 3 N–H and O–H groups in total. The van der Waals surface area contributed by atoms with Crippen molar-refractivity contribution in [3.63, 3.8) is 0 Å². The number of sulfonamides is 1. The van der Waals surface area contributed by atoms with Gasteiger partial charge in [0.25, 0.3) is 5.91 Å². The maximum Gasteiger partial charge on any atom is 0.262 e. The molecule has 1 heterocycles. The Morgan fingerprint density at radius 3 is 2.40 bits per heavy atom. The molecule has 0 aromatic heterocycles. The number of hydrogen-bond donors (Lipinski definition) is 3. The monoisotopic (exact) mass is 379 g/mol. The van der Waals surface area contributed by atoms with E-state index >= 15 is 0 Å². The van der Waals surface area contributed by atoms with Crippen LogP contribution in [0.1, 0.15) is 16.7 Å². The molecule has 0 fully saturated rings. The second-order valence-corrected chi connectivity index (χ2v) is 8.22. The van der Waals surface area contributed by atoms with Crippen LogP contribution in [-0.4, -0.2) is 20.5 Å². The van der Waals surface area contributed by atoms with E-state index in [1.54, 1.807) is 12.1 Å². The van der Waals surface area contributed by atoms with Crippen molar-refractivity contribution in [3.8, 4) is 0 Å². The Kier molecular flexibility index (Phi) is 4.49. The van der Waals surface area contributed by atoms with E-state index < -0.39 is 22.1 Å². The molecule has 25 heavy (non-hydrogen) atoms. The summed E-state index contributed by atoms with van der Waals surface area (Å²) >= 11 is 5.86. The normalized spacial score (nSPS) is 18.2. The number of anilines is 2. The Bertz CT molecular complexity index is 950. The van der Waals surface area contributed by atoms with Crippen molar-refractivity contribution in [1.29, 1.82) is 0 Å². The molecule has 132 valence electrons. The van der Waals surface area contributed by atoms with Crippen molar-refractivity contribution in [2.75, 3.05) is 10.6 Å². The van der Waals surface area contributed by atoms with Crippen molar-refractivity contribution in [2.24, 2.45) is 0 Å². The molecule has 1 aliphatic rings. The molecule has 0 spiro atoms. The van der Waals surface area contributed by atoms with Gasteiger partial charge in [-0.1, -0.05) is 29.3 Å². The molecule has 1 amide bonds. The number of benzene rings is 2. The molecule has 6 nitrogen and oxygen atoms in total. The van der Waals surface area contributed by atoms with Gasteiger partial charge in [-0.2, -0.15) is 4.72 Å². The average molecular weight is 380 g/mol. The van der Waals surface area contributed by atoms with Crippen molar-refractivity contribution >= 4 is 38.9 Å². The van der Waals surface area contributed by atoms with E-state index in [0.717, 1.165) is 16.7 Å². The largest absolute Gasteiger partial charge is 0.360 e. The van der Waals surface area contributed by atoms with Crippen molar-refractivity contribution in [2.45, 2.75) is 31.8 Å². The van der Waals surface area contributed by atoms with Gasteiger partial charge in [0, 0.05) is 10.7 Å². The number of carbonyl (C=O) groups excluding carboxylic acids is 1. The average Bonchev–Trinajstić information content (AvgIpc) is 2.50. The number of carbonyl (C=O) groups is 1. The lowest BCUT2D eigenvalue weighted by molar-refractivity contribution is -0.117. The molecule has 1 aliphatic heterocycles. The Hall–Kier alpha value is -2.09. The SMILES string of the molecule is Cc1cc(C)c(NC(=O)[C@H]2Nc3ccc(Cl)cc3S(=O)(=O)N2)c(C)c1. The number of rotatable bonds is 2. The first kappa shape index (κ1) is 17.7. The lowest BCUT2D eigenvalue weighted by atomic mass is 10.1. The van der Waals surface area contributed by atoms with E-state index in [0.29, 0.717) is 16.4 Å². The number of fused-ring (bicyclic) bond motifs is 1. The second-order valence-electron chi connectivity index (χ2n) is 6.10. The van der Waals surface area contributed by atoms with Crippen LogP contribution < -0.4 is 15.4 Å². The van der Waals surface area contributed by atoms with Crippen molar-refractivity contribution < 1.29 is 13.2 Å². The molecule has 0 aliphatic carbocycles. The van der Waals surface area contributed by atoms with E-state index in [9.17, 15) is 13.2 Å². The minimum atomic E-state index is -3.84. The molecule has 0 saturated carbocycles. The summed E-state index contributed by atoms with van der Waals surface area (Å²) in [6, 6.07) is 8.36. The van der Waals surface area contributed by atoms with Crippen LogP contribution in [0.25, 0.3) is 0 Å². The summed E-state index contributed by atoms with van der Waals surface area (Å²) < 4.78 is 27.1. The van der Waals surface area contributed by atoms with Gasteiger partial charge in [0.15, 0.2) is 6.17 Å². The van der Waals surface area contributed by atoms with Crippen molar-refractivity contribution in [1.82, 2.24) is 4.72 Å². The molecule has 3 rings (SSSR count).